The second-order valence-electron chi connectivity index (χ2n) is 3.51. The van der Waals surface area contributed by atoms with Gasteiger partial charge in [0.15, 0.2) is 5.78 Å². The van der Waals surface area contributed by atoms with E-state index in [0.717, 1.165) is 12.8 Å². The molecule has 0 amide bonds. The minimum atomic E-state index is -1.11. The zero-order valence-corrected chi connectivity index (χ0v) is 8.55. The van der Waals surface area contributed by atoms with Crippen LogP contribution < -0.4 is 0 Å². The van der Waals surface area contributed by atoms with Crippen molar-refractivity contribution in [2.24, 2.45) is 5.92 Å². The average molecular weight is 172 g/mol. The lowest BCUT2D eigenvalue weighted by Crippen LogP contribution is -2.38. The molecular formula is C10H20O2. The minimum Gasteiger partial charge on any atom is -0.382 e. The molecule has 2 nitrogen and oxygen atoms in total. The van der Waals surface area contributed by atoms with Crippen molar-refractivity contribution in [2.45, 2.75) is 52.6 Å². The summed E-state index contributed by atoms with van der Waals surface area (Å²) >= 11 is 0. The maximum absolute atomic E-state index is 11.6. The number of carbonyl (C=O) groups excluding carboxylic acids is 1. The first kappa shape index (κ1) is 11.6. The highest BCUT2D eigenvalue weighted by atomic mass is 16.3. The van der Waals surface area contributed by atoms with Crippen LogP contribution in [0.2, 0.25) is 0 Å². The molecular weight excluding hydrogens is 152 g/mol. The van der Waals surface area contributed by atoms with Crippen molar-refractivity contribution in [1.29, 1.82) is 0 Å². The Morgan fingerprint density at radius 2 is 1.75 bits per heavy atom. The fraction of sp³-hybridized carbons (Fsp3) is 0.900. The summed E-state index contributed by atoms with van der Waals surface area (Å²) in [5.41, 5.74) is -1.11. The van der Waals surface area contributed by atoms with Crippen molar-refractivity contribution in [1.82, 2.24) is 0 Å². The molecule has 0 aromatic rings. The van der Waals surface area contributed by atoms with Gasteiger partial charge >= 0.3 is 0 Å². The van der Waals surface area contributed by atoms with Gasteiger partial charge in [0.25, 0.3) is 0 Å². The van der Waals surface area contributed by atoms with Gasteiger partial charge in [0.1, 0.15) is 5.60 Å². The van der Waals surface area contributed by atoms with Crippen LogP contribution in [-0.4, -0.2) is 16.5 Å². The van der Waals surface area contributed by atoms with Gasteiger partial charge in [0, 0.05) is 5.92 Å². The van der Waals surface area contributed by atoms with Crippen LogP contribution in [0.5, 0.6) is 0 Å². The first-order chi connectivity index (χ1) is 5.49. The first-order valence-electron chi connectivity index (χ1n) is 4.76. The van der Waals surface area contributed by atoms with E-state index in [1.54, 1.807) is 6.92 Å². The van der Waals surface area contributed by atoms with Gasteiger partial charge in [-0.15, -0.1) is 0 Å². The molecule has 0 rings (SSSR count). The quantitative estimate of drug-likeness (QED) is 0.690. The third-order valence-corrected chi connectivity index (χ3v) is 2.58. The van der Waals surface area contributed by atoms with E-state index in [-0.39, 0.29) is 11.7 Å². The highest BCUT2D eigenvalue weighted by Crippen LogP contribution is 2.20. The lowest BCUT2D eigenvalue weighted by Gasteiger charge is -2.24. The molecule has 0 saturated carbocycles. The zero-order chi connectivity index (χ0) is 9.78. The van der Waals surface area contributed by atoms with Gasteiger partial charge in [-0.25, -0.2) is 0 Å². The standard InChI is InChI=1S/C10H20O2/c1-5-8(6-2)9(11)10(4,12)7-3/h8,12H,5-7H2,1-4H3. The summed E-state index contributed by atoms with van der Waals surface area (Å²) in [6.45, 7) is 7.41. The number of carbonyl (C=O) groups is 1. The Balaban J connectivity index is 4.35. The first-order valence-corrected chi connectivity index (χ1v) is 4.76. The summed E-state index contributed by atoms with van der Waals surface area (Å²) < 4.78 is 0. The summed E-state index contributed by atoms with van der Waals surface area (Å²) in [6.07, 6.45) is 2.15. The number of rotatable bonds is 5. The highest BCUT2D eigenvalue weighted by Gasteiger charge is 2.32. The van der Waals surface area contributed by atoms with Crippen LogP contribution in [0.1, 0.15) is 47.0 Å². The summed E-state index contributed by atoms with van der Waals surface area (Å²) in [5, 5.41) is 9.67. The Bertz CT molecular complexity index is 146. The normalized spacial score (nSPS) is 16.2. The molecule has 0 saturated heterocycles. The third kappa shape index (κ3) is 2.59. The molecule has 2 heteroatoms. The van der Waals surface area contributed by atoms with Crippen molar-refractivity contribution >= 4 is 5.78 Å². The van der Waals surface area contributed by atoms with Crippen molar-refractivity contribution in [3.05, 3.63) is 0 Å². The molecule has 72 valence electrons. The monoisotopic (exact) mass is 172 g/mol. The van der Waals surface area contributed by atoms with E-state index in [2.05, 4.69) is 0 Å². The summed E-state index contributed by atoms with van der Waals surface area (Å²) in [6, 6.07) is 0. The van der Waals surface area contributed by atoms with Gasteiger partial charge in [0.05, 0.1) is 0 Å². The van der Waals surface area contributed by atoms with Gasteiger partial charge in [-0.1, -0.05) is 20.8 Å². The van der Waals surface area contributed by atoms with E-state index >= 15 is 0 Å². The lowest BCUT2D eigenvalue weighted by atomic mass is 9.85. The Morgan fingerprint density at radius 1 is 1.33 bits per heavy atom. The van der Waals surface area contributed by atoms with Crippen molar-refractivity contribution in [3.63, 3.8) is 0 Å². The molecule has 0 fully saturated rings. The van der Waals surface area contributed by atoms with Crippen molar-refractivity contribution in [2.75, 3.05) is 0 Å². The Labute approximate surface area is 75.0 Å². The van der Waals surface area contributed by atoms with Crippen LogP contribution in [0.15, 0.2) is 0 Å². The molecule has 0 spiro atoms. The van der Waals surface area contributed by atoms with E-state index < -0.39 is 5.60 Å². The molecule has 12 heavy (non-hydrogen) atoms. The fourth-order valence-corrected chi connectivity index (χ4v) is 1.27. The molecule has 1 unspecified atom stereocenters. The molecule has 0 aliphatic heterocycles. The van der Waals surface area contributed by atoms with Gasteiger partial charge in [0.2, 0.25) is 0 Å². The highest BCUT2D eigenvalue weighted by molar-refractivity contribution is 5.88. The number of ketones is 1. The van der Waals surface area contributed by atoms with Gasteiger partial charge in [-0.3, -0.25) is 4.79 Å². The second kappa shape index (κ2) is 4.61. The number of hydrogen-bond donors (Lipinski definition) is 1. The molecule has 1 N–H and O–H groups in total. The second-order valence-corrected chi connectivity index (χ2v) is 3.51. The number of aliphatic hydroxyl groups is 1. The predicted octanol–water partition coefficient (Wildman–Crippen LogP) is 2.15. The molecule has 0 aliphatic rings. The van der Waals surface area contributed by atoms with E-state index in [0.29, 0.717) is 6.42 Å². The van der Waals surface area contributed by atoms with E-state index in [9.17, 15) is 9.90 Å². The third-order valence-electron chi connectivity index (χ3n) is 2.58. The topological polar surface area (TPSA) is 37.3 Å². The lowest BCUT2D eigenvalue weighted by molar-refractivity contribution is -0.140. The SMILES string of the molecule is CCC(CC)C(=O)C(C)(O)CC. The number of hydrogen-bond acceptors (Lipinski definition) is 2. The fourth-order valence-electron chi connectivity index (χ4n) is 1.27. The van der Waals surface area contributed by atoms with Gasteiger partial charge in [-0.05, 0) is 26.2 Å². The van der Waals surface area contributed by atoms with Crippen LogP contribution in [0.4, 0.5) is 0 Å². The Kier molecular flexibility index (Phi) is 4.46. The molecule has 1 atom stereocenters. The molecule has 0 radical (unpaired) electrons. The van der Waals surface area contributed by atoms with E-state index in [4.69, 9.17) is 0 Å². The summed E-state index contributed by atoms with van der Waals surface area (Å²) in [4.78, 5) is 11.6. The maximum Gasteiger partial charge on any atom is 0.167 e. The molecule has 0 heterocycles. The van der Waals surface area contributed by atoms with Gasteiger partial charge < -0.3 is 5.11 Å². The van der Waals surface area contributed by atoms with Crippen LogP contribution in [0, 0.1) is 5.92 Å². The largest absolute Gasteiger partial charge is 0.382 e. The Morgan fingerprint density at radius 3 is 2.00 bits per heavy atom. The van der Waals surface area contributed by atoms with Crippen LogP contribution in [0.3, 0.4) is 0 Å². The molecule has 0 bridgehead atoms. The maximum atomic E-state index is 11.6. The van der Waals surface area contributed by atoms with Crippen molar-refractivity contribution < 1.29 is 9.90 Å². The molecule has 0 aliphatic carbocycles. The average Bonchev–Trinajstić information content (AvgIpc) is 2.06. The number of Topliss-reactive ketones (excluding diaryl/α,β-unsaturated/α-hetero) is 1. The van der Waals surface area contributed by atoms with Crippen LogP contribution >= 0.6 is 0 Å². The Hall–Kier alpha value is -0.370. The summed E-state index contributed by atoms with van der Waals surface area (Å²) in [7, 11) is 0. The van der Waals surface area contributed by atoms with Crippen molar-refractivity contribution in [3.8, 4) is 0 Å². The van der Waals surface area contributed by atoms with E-state index in [1.807, 2.05) is 20.8 Å². The predicted molar refractivity (Wildman–Crippen MR) is 50.0 cm³/mol. The smallest absolute Gasteiger partial charge is 0.167 e. The van der Waals surface area contributed by atoms with Gasteiger partial charge in [-0.2, -0.15) is 0 Å². The van der Waals surface area contributed by atoms with Crippen LogP contribution in [0.25, 0.3) is 0 Å². The minimum absolute atomic E-state index is 0.00463. The molecule has 0 aromatic heterocycles. The van der Waals surface area contributed by atoms with E-state index in [1.165, 1.54) is 0 Å². The van der Waals surface area contributed by atoms with Crippen LogP contribution in [-0.2, 0) is 4.79 Å². The summed E-state index contributed by atoms with van der Waals surface area (Å²) in [5.74, 6) is 0.0231. The molecule has 0 aromatic carbocycles. The zero-order valence-electron chi connectivity index (χ0n) is 8.55.